The molecule has 2 fully saturated rings. The summed E-state index contributed by atoms with van der Waals surface area (Å²) < 4.78 is 35.2. The summed E-state index contributed by atoms with van der Waals surface area (Å²) in [7, 11) is -4.85. The maximum absolute atomic E-state index is 12.4. The zero-order valence-corrected chi connectivity index (χ0v) is 14.3. The molecule has 2 heterocycles. The first-order valence-corrected chi connectivity index (χ1v) is 8.82. The first-order chi connectivity index (χ1) is 11.1. The van der Waals surface area contributed by atoms with E-state index in [0.717, 1.165) is 0 Å². The van der Waals surface area contributed by atoms with Gasteiger partial charge < -0.3 is 10.6 Å². The minimum atomic E-state index is -4.85. The summed E-state index contributed by atoms with van der Waals surface area (Å²) in [5.74, 6) is -0.513. The first kappa shape index (κ1) is 18.9. The second-order valence-electron chi connectivity index (χ2n) is 6.44. The molecule has 2 aliphatic heterocycles. The summed E-state index contributed by atoms with van der Waals surface area (Å²) >= 11 is 0. The molecule has 24 heavy (non-hydrogen) atoms. The maximum atomic E-state index is 12.4. The number of carbonyl (C=O) groups is 2. The number of fused-ring (bicyclic) bond motifs is 2. The second-order valence-corrected chi connectivity index (χ2v) is 7.45. The first-order valence-electron chi connectivity index (χ1n) is 7.45. The number of hydrogen-bond donors (Lipinski definition) is 3. The zero-order valence-electron chi connectivity index (χ0n) is 13.5. The topological polar surface area (TPSA) is 151 Å². The Morgan fingerprint density at radius 2 is 2.17 bits per heavy atom. The highest BCUT2D eigenvalue weighted by Gasteiger charge is 2.56. The molecule has 2 atom stereocenters. The van der Waals surface area contributed by atoms with Gasteiger partial charge in [0.2, 0.25) is 0 Å². The van der Waals surface area contributed by atoms with E-state index >= 15 is 0 Å². The molecule has 0 aromatic heterocycles. The Balaban J connectivity index is 2.12. The van der Waals surface area contributed by atoms with Gasteiger partial charge in [-0.2, -0.15) is 13.5 Å². The van der Waals surface area contributed by atoms with Crippen molar-refractivity contribution in [3.05, 3.63) is 0 Å². The molecule has 0 aromatic carbocycles. The largest absolute Gasteiger partial charge is 0.418 e. The van der Waals surface area contributed by atoms with Crippen molar-refractivity contribution in [2.24, 2.45) is 11.1 Å². The number of nitrogens with two attached hydrogens (primary N) is 1. The number of nitrogens with zero attached hydrogens (tertiary/aromatic N) is 2. The van der Waals surface area contributed by atoms with E-state index in [0.29, 0.717) is 18.0 Å². The molecule has 2 unspecified atom stereocenters. The van der Waals surface area contributed by atoms with Crippen molar-refractivity contribution < 1.29 is 31.7 Å². The number of hydroxylamine groups is 3. The molecule has 138 valence electrons. The lowest BCUT2D eigenvalue weighted by Crippen LogP contribution is -2.54. The molecular weight excluding hydrogens is 344 g/mol. The number of urea groups is 1. The van der Waals surface area contributed by atoms with E-state index in [2.05, 4.69) is 9.76 Å². The van der Waals surface area contributed by atoms with E-state index in [-0.39, 0.29) is 19.6 Å². The highest BCUT2D eigenvalue weighted by Crippen LogP contribution is 2.42. The molecule has 0 radical (unpaired) electrons. The van der Waals surface area contributed by atoms with Gasteiger partial charge in [-0.15, -0.1) is 4.28 Å². The molecule has 2 rings (SSSR count). The van der Waals surface area contributed by atoms with Crippen molar-refractivity contribution >= 4 is 22.3 Å². The van der Waals surface area contributed by atoms with Crippen LogP contribution >= 0.6 is 0 Å². The van der Waals surface area contributed by atoms with Crippen LogP contribution in [0.3, 0.4) is 0 Å². The van der Waals surface area contributed by atoms with Crippen molar-refractivity contribution in [1.82, 2.24) is 15.4 Å². The second kappa shape index (κ2) is 6.80. The molecular formula is C12H22N4O7S. The predicted octanol–water partition coefficient (Wildman–Crippen LogP) is -0.978. The Morgan fingerprint density at radius 3 is 2.75 bits per heavy atom. The third-order valence-electron chi connectivity index (χ3n) is 4.19. The smallest absolute Gasteiger partial charge is 0.330 e. The van der Waals surface area contributed by atoms with Crippen LogP contribution in [0.4, 0.5) is 4.79 Å². The Morgan fingerprint density at radius 1 is 1.50 bits per heavy atom. The van der Waals surface area contributed by atoms with E-state index in [9.17, 15) is 18.0 Å². The molecule has 2 saturated heterocycles. The van der Waals surface area contributed by atoms with Crippen LogP contribution in [0.1, 0.15) is 26.7 Å². The summed E-state index contributed by atoms with van der Waals surface area (Å²) in [6.07, 6.45) is 0.845. The van der Waals surface area contributed by atoms with Gasteiger partial charge in [-0.1, -0.05) is 13.8 Å². The Kier molecular flexibility index (Phi) is 5.34. The fraction of sp³-hybridized carbons (Fsp3) is 0.833. The van der Waals surface area contributed by atoms with Gasteiger partial charge in [0.25, 0.3) is 5.91 Å². The number of amides is 3. The van der Waals surface area contributed by atoms with E-state index < -0.39 is 39.8 Å². The van der Waals surface area contributed by atoms with Gasteiger partial charge in [-0.25, -0.2) is 10.3 Å². The standard InChI is InChI=1S/C12H22N4O7S/c1-12(2)6-8(10(17)14-22-5-3-4-13)15-7-9(12)16(11(15)18)23-24(19,20)21/h8-9H,3-7,13H2,1-2H3,(H,14,17)(H,19,20,21). The molecule has 2 aliphatic rings. The number of piperidine rings is 1. The lowest BCUT2D eigenvalue weighted by Gasteiger charge is -2.40. The van der Waals surface area contributed by atoms with Crippen molar-refractivity contribution in [2.75, 3.05) is 19.7 Å². The fourth-order valence-corrected chi connectivity index (χ4v) is 3.30. The Bertz CT molecular complexity index is 609. The third-order valence-corrected chi connectivity index (χ3v) is 4.53. The zero-order chi connectivity index (χ0) is 18.1. The summed E-state index contributed by atoms with van der Waals surface area (Å²) in [5, 5.41) is 0.609. The van der Waals surface area contributed by atoms with Crippen LogP contribution in [0, 0.1) is 5.41 Å². The van der Waals surface area contributed by atoms with Gasteiger partial charge in [0.1, 0.15) is 6.04 Å². The lowest BCUT2D eigenvalue weighted by atomic mass is 9.76. The molecule has 11 nitrogen and oxygen atoms in total. The van der Waals surface area contributed by atoms with Crippen LogP contribution in [0.15, 0.2) is 0 Å². The van der Waals surface area contributed by atoms with Crippen LogP contribution in [-0.4, -0.2) is 66.7 Å². The van der Waals surface area contributed by atoms with Gasteiger partial charge in [0.15, 0.2) is 0 Å². The fourth-order valence-electron chi connectivity index (χ4n) is 2.93. The normalized spacial score (nSPS) is 25.9. The quantitative estimate of drug-likeness (QED) is 0.295. The third kappa shape index (κ3) is 3.95. The molecule has 2 bridgehead atoms. The monoisotopic (exact) mass is 366 g/mol. The Hall–Kier alpha value is -1.47. The number of hydrogen-bond acceptors (Lipinski definition) is 7. The summed E-state index contributed by atoms with van der Waals surface area (Å²) in [5.41, 5.74) is 6.98. The van der Waals surface area contributed by atoms with Crippen LogP contribution < -0.4 is 11.2 Å². The number of nitrogens with one attached hydrogen (secondary N) is 1. The van der Waals surface area contributed by atoms with Gasteiger partial charge in [-0.3, -0.25) is 14.2 Å². The van der Waals surface area contributed by atoms with Crippen LogP contribution in [0.2, 0.25) is 0 Å². The highest BCUT2D eigenvalue weighted by atomic mass is 32.3. The van der Waals surface area contributed by atoms with Crippen molar-refractivity contribution in [3.8, 4) is 0 Å². The molecule has 3 amide bonds. The number of carbonyl (C=O) groups excluding carboxylic acids is 2. The predicted molar refractivity (Wildman–Crippen MR) is 80.3 cm³/mol. The van der Waals surface area contributed by atoms with Gasteiger partial charge in [0.05, 0.1) is 12.6 Å². The van der Waals surface area contributed by atoms with Crippen molar-refractivity contribution in [2.45, 2.75) is 38.8 Å². The van der Waals surface area contributed by atoms with E-state index in [1.54, 1.807) is 13.8 Å². The Labute approximate surface area is 139 Å². The average Bonchev–Trinajstić information content (AvgIpc) is 2.74. The molecule has 0 aliphatic carbocycles. The molecule has 0 aromatic rings. The van der Waals surface area contributed by atoms with E-state index in [1.165, 1.54) is 4.90 Å². The van der Waals surface area contributed by atoms with Crippen molar-refractivity contribution in [1.29, 1.82) is 0 Å². The van der Waals surface area contributed by atoms with Gasteiger partial charge in [-0.05, 0) is 24.8 Å². The summed E-state index contributed by atoms with van der Waals surface area (Å²) in [6.45, 7) is 4.32. The summed E-state index contributed by atoms with van der Waals surface area (Å²) in [6, 6.07) is -2.25. The molecule has 0 saturated carbocycles. The van der Waals surface area contributed by atoms with E-state index in [4.69, 9.17) is 15.1 Å². The molecule has 12 heteroatoms. The van der Waals surface area contributed by atoms with Crippen LogP contribution in [-0.2, 0) is 24.3 Å². The van der Waals surface area contributed by atoms with Crippen LogP contribution in [0.25, 0.3) is 0 Å². The highest BCUT2D eigenvalue weighted by molar-refractivity contribution is 7.80. The maximum Gasteiger partial charge on any atom is 0.418 e. The molecule has 4 N–H and O–H groups in total. The molecule has 0 spiro atoms. The van der Waals surface area contributed by atoms with Crippen LogP contribution in [0.5, 0.6) is 0 Å². The van der Waals surface area contributed by atoms with Gasteiger partial charge in [0, 0.05) is 6.54 Å². The minimum Gasteiger partial charge on any atom is -0.330 e. The SMILES string of the molecule is CC1(C)CC(C(=O)NOCCCN)N2CC1N(OS(=O)(=O)O)C2=O. The van der Waals surface area contributed by atoms with Crippen molar-refractivity contribution in [3.63, 3.8) is 0 Å². The minimum absolute atomic E-state index is 0.0994. The number of rotatable bonds is 7. The van der Waals surface area contributed by atoms with E-state index in [1.807, 2.05) is 0 Å². The summed E-state index contributed by atoms with van der Waals surface area (Å²) in [4.78, 5) is 30.8. The lowest BCUT2D eigenvalue weighted by molar-refractivity contribution is -0.141. The van der Waals surface area contributed by atoms with Gasteiger partial charge >= 0.3 is 16.4 Å². The average molecular weight is 366 g/mol.